The second-order valence-corrected chi connectivity index (χ2v) is 8.63. The molecule has 2 rings (SSSR count). The molecular formula is C25H33N3O5. The molecule has 8 heteroatoms. The Morgan fingerprint density at radius 3 is 2.30 bits per heavy atom. The normalized spacial score (nSPS) is 12.8. The molecule has 0 bridgehead atoms. The predicted octanol–water partition coefficient (Wildman–Crippen LogP) is 3.40. The first-order chi connectivity index (χ1) is 15.7. The number of aromatic nitrogens is 1. The molecule has 0 spiro atoms. The minimum absolute atomic E-state index is 0.0873. The second kappa shape index (κ2) is 12.6. The number of alkyl carbamates (subject to hydrolysis) is 1. The number of ether oxygens (including phenoxy) is 2. The topological polar surface area (TPSA) is 107 Å². The molecule has 0 radical (unpaired) electrons. The van der Waals surface area contributed by atoms with Crippen LogP contribution < -0.4 is 10.6 Å². The van der Waals surface area contributed by atoms with Gasteiger partial charge < -0.3 is 20.1 Å². The van der Waals surface area contributed by atoms with Crippen molar-refractivity contribution < 1.29 is 23.9 Å². The Balaban J connectivity index is 2.10. The number of rotatable bonds is 11. The summed E-state index contributed by atoms with van der Waals surface area (Å²) >= 11 is 0. The highest BCUT2D eigenvalue weighted by Crippen LogP contribution is 2.26. The van der Waals surface area contributed by atoms with E-state index in [4.69, 9.17) is 9.47 Å². The second-order valence-electron chi connectivity index (χ2n) is 8.63. The molecular weight excluding hydrogens is 422 g/mol. The van der Waals surface area contributed by atoms with Crippen molar-refractivity contribution >= 4 is 18.0 Å². The van der Waals surface area contributed by atoms with Gasteiger partial charge in [-0.05, 0) is 29.0 Å². The van der Waals surface area contributed by atoms with Crippen molar-refractivity contribution in [3.05, 3.63) is 66.0 Å². The molecule has 1 aromatic carbocycles. The van der Waals surface area contributed by atoms with E-state index in [9.17, 15) is 14.4 Å². The fourth-order valence-electron chi connectivity index (χ4n) is 3.18. The standard InChI is InChI=1S/C25H33N3O5/c1-5-25(2,3)15-21(28-24(31)33-17-18-10-7-6-8-11-18)22(29)27-20(23(30)32-4)14-19-12-9-13-26-16-19/h6-13,16,20-21H,5,14-15,17H2,1-4H3,(H,27,29)(H,28,31). The van der Waals surface area contributed by atoms with Crippen LogP contribution in [0.15, 0.2) is 54.9 Å². The number of amides is 2. The van der Waals surface area contributed by atoms with Gasteiger partial charge >= 0.3 is 12.1 Å². The number of esters is 1. The highest BCUT2D eigenvalue weighted by Gasteiger charge is 2.32. The summed E-state index contributed by atoms with van der Waals surface area (Å²) in [5.74, 6) is -1.06. The summed E-state index contributed by atoms with van der Waals surface area (Å²) in [6.45, 7) is 6.13. The van der Waals surface area contributed by atoms with E-state index in [1.807, 2.05) is 57.2 Å². The average Bonchev–Trinajstić information content (AvgIpc) is 2.82. The van der Waals surface area contributed by atoms with Crippen LogP contribution in [0.5, 0.6) is 0 Å². The lowest BCUT2D eigenvalue weighted by atomic mass is 9.83. The van der Waals surface area contributed by atoms with Crippen LogP contribution in [-0.4, -0.2) is 42.1 Å². The van der Waals surface area contributed by atoms with Gasteiger partial charge in [0.05, 0.1) is 7.11 Å². The third-order valence-corrected chi connectivity index (χ3v) is 5.50. The van der Waals surface area contributed by atoms with Crippen LogP contribution >= 0.6 is 0 Å². The first-order valence-corrected chi connectivity index (χ1v) is 11.0. The average molecular weight is 456 g/mol. The Morgan fingerprint density at radius 1 is 1.00 bits per heavy atom. The van der Waals surface area contributed by atoms with Crippen molar-refractivity contribution in [3.63, 3.8) is 0 Å². The van der Waals surface area contributed by atoms with Gasteiger partial charge in [-0.15, -0.1) is 0 Å². The van der Waals surface area contributed by atoms with Crippen molar-refractivity contribution in [2.75, 3.05) is 7.11 Å². The third kappa shape index (κ3) is 8.92. The molecule has 8 nitrogen and oxygen atoms in total. The Morgan fingerprint density at radius 2 is 1.70 bits per heavy atom. The first kappa shape index (κ1) is 25.8. The maximum atomic E-state index is 13.2. The van der Waals surface area contributed by atoms with E-state index < -0.39 is 30.1 Å². The summed E-state index contributed by atoms with van der Waals surface area (Å²) in [6, 6.07) is 11.0. The van der Waals surface area contributed by atoms with Gasteiger partial charge in [0.2, 0.25) is 5.91 Å². The summed E-state index contributed by atoms with van der Waals surface area (Å²) in [4.78, 5) is 42.0. The molecule has 2 N–H and O–H groups in total. The number of nitrogens with zero attached hydrogens (tertiary/aromatic N) is 1. The molecule has 2 amide bonds. The zero-order valence-electron chi connectivity index (χ0n) is 19.7. The molecule has 2 aromatic rings. The SMILES string of the molecule is CCC(C)(C)CC(NC(=O)OCc1ccccc1)C(=O)NC(Cc1cccnc1)C(=O)OC. The summed E-state index contributed by atoms with van der Waals surface area (Å²) in [5, 5.41) is 5.40. The van der Waals surface area contributed by atoms with Gasteiger partial charge in [0.1, 0.15) is 18.7 Å². The van der Waals surface area contributed by atoms with E-state index in [0.29, 0.717) is 6.42 Å². The fraction of sp³-hybridized carbons (Fsp3) is 0.440. The van der Waals surface area contributed by atoms with Crippen molar-refractivity contribution in [2.45, 2.75) is 58.7 Å². The van der Waals surface area contributed by atoms with Crippen LogP contribution in [0.25, 0.3) is 0 Å². The number of hydrogen-bond acceptors (Lipinski definition) is 6. The number of carbonyl (C=O) groups excluding carboxylic acids is 3. The van der Waals surface area contributed by atoms with Gasteiger partial charge in [-0.25, -0.2) is 9.59 Å². The van der Waals surface area contributed by atoms with Crippen LogP contribution in [0.3, 0.4) is 0 Å². The summed E-state index contributed by atoms with van der Waals surface area (Å²) in [7, 11) is 1.27. The molecule has 0 aliphatic heterocycles. The third-order valence-electron chi connectivity index (χ3n) is 5.50. The van der Waals surface area contributed by atoms with Crippen molar-refractivity contribution in [1.82, 2.24) is 15.6 Å². The minimum atomic E-state index is -0.916. The lowest BCUT2D eigenvalue weighted by molar-refractivity contribution is -0.145. The Labute approximate surface area is 195 Å². The van der Waals surface area contributed by atoms with Gasteiger partial charge in [-0.1, -0.05) is 63.6 Å². The van der Waals surface area contributed by atoms with Crippen LogP contribution in [0.2, 0.25) is 0 Å². The van der Waals surface area contributed by atoms with Gasteiger partial charge in [-0.3, -0.25) is 9.78 Å². The number of pyridine rings is 1. The summed E-state index contributed by atoms with van der Waals surface area (Å²) in [5.41, 5.74) is 1.39. The summed E-state index contributed by atoms with van der Waals surface area (Å²) < 4.78 is 10.2. The highest BCUT2D eigenvalue weighted by atomic mass is 16.5. The Kier molecular flexibility index (Phi) is 9.84. The van der Waals surface area contributed by atoms with Crippen LogP contribution in [0.1, 0.15) is 44.7 Å². The number of hydrogen-bond donors (Lipinski definition) is 2. The number of nitrogens with one attached hydrogen (secondary N) is 2. The monoisotopic (exact) mass is 455 g/mol. The first-order valence-electron chi connectivity index (χ1n) is 11.0. The lowest BCUT2D eigenvalue weighted by Gasteiger charge is -2.29. The largest absolute Gasteiger partial charge is 0.467 e. The molecule has 0 saturated heterocycles. The number of methoxy groups -OCH3 is 1. The van der Waals surface area contributed by atoms with Gasteiger partial charge in [0.15, 0.2) is 0 Å². The zero-order valence-corrected chi connectivity index (χ0v) is 19.7. The summed E-state index contributed by atoms with van der Waals surface area (Å²) in [6.07, 6.45) is 3.94. The molecule has 2 atom stereocenters. The molecule has 0 fully saturated rings. The maximum absolute atomic E-state index is 13.2. The molecule has 2 unspecified atom stereocenters. The quantitative estimate of drug-likeness (QED) is 0.503. The zero-order chi connectivity index (χ0) is 24.3. The fourth-order valence-corrected chi connectivity index (χ4v) is 3.18. The van der Waals surface area contributed by atoms with E-state index in [1.54, 1.807) is 18.5 Å². The van der Waals surface area contributed by atoms with E-state index in [-0.39, 0.29) is 18.4 Å². The molecule has 178 valence electrons. The van der Waals surface area contributed by atoms with E-state index in [1.165, 1.54) is 7.11 Å². The predicted molar refractivity (Wildman–Crippen MR) is 124 cm³/mol. The van der Waals surface area contributed by atoms with E-state index >= 15 is 0 Å². The van der Waals surface area contributed by atoms with Crippen LogP contribution in [-0.2, 0) is 32.1 Å². The molecule has 0 saturated carbocycles. The lowest BCUT2D eigenvalue weighted by Crippen LogP contribution is -2.53. The molecule has 1 heterocycles. The van der Waals surface area contributed by atoms with Crippen LogP contribution in [0, 0.1) is 5.41 Å². The van der Waals surface area contributed by atoms with Crippen molar-refractivity contribution in [2.24, 2.45) is 5.41 Å². The van der Waals surface area contributed by atoms with E-state index in [2.05, 4.69) is 15.6 Å². The Bertz CT molecular complexity index is 903. The minimum Gasteiger partial charge on any atom is -0.467 e. The Hall–Kier alpha value is -3.42. The van der Waals surface area contributed by atoms with E-state index in [0.717, 1.165) is 17.5 Å². The number of benzene rings is 1. The molecule has 0 aliphatic rings. The number of carbonyl (C=O) groups is 3. The van der Waals surface area contributed by atoms with Gasteiger partial charge in [-0.2, -0.15) is 0 Å². The van der Waals surface area contributed by atoms with Gasteiger partial charge in [0, 0.05) is 18.8 Å². The molecule has 0 aliphatic carbocycles. The van der Waals surface area contributed by atoms with Crippen molar-refractivity contribution in [3.8, 4) is 0 Å². The highest BCUT2D eigenvalue weighted by molar-refractivity contribution is 5.89. The maximum Gasteiger partial charge on any atom is 0.408 e. The van der Waals surface area contributed by atoms with Crippen LogP contribution in [0.4, 0.5) is 4.79 Å². The smallest absolute Gasteiger partial charge is 0.408 e. The molecule has 1 aromatic heterocycles. The van der Waals surface area contributed by atoms with Crippen molar-refractivity contribution in [1.29, 1.82) is 0 Å². The van der Waals surface area contributed by atoms with Gasteiger partial charge in [0.25, 0.3) is 0 Å². The molecule has 33 heavy (non-hydrogen) atoms.